The van der Waals surface area contributed by atoms with Crippen molar-refractivity contribution in [1.29, 1.82) is 0 Å². The smallest absolute Gasteiger partial charge is 0.402 e. The van der Waals surface area contributed by atoms with E-state index in [9.17, 15) is 13.0 Å². The van der Waals surface area contributed by atoms with Gasteiger partial charge in [-0.15, -0.1) is 0 Å². The Balaban J connectivity index is 3.21. The van der Waals surface area contributed by atoms with Crippen LogP contribution in [0.4, 0.5) is 0 Å². The molecule has 0 amide bonds. The van der Waals surface area contributed by atoms with Gasteiger partial charge in [0.25, 0.3) is 0 Å². The Morgan fingerprint density at radius 2 is 2.05 bits per heavy atom. The molecule has 0 bridgehead atoms. The predicted molar refractivity (Wildman–Crippen MR) is 65.9 cm³/mol. The number of aryl methyl sites for hydroxylation is 1. The molecule has 0 radical (unpaired) electrons. The maximum atomic E-state index is 10.9. The second-order valence-corrected chi connectivity index (χ2v) is 5.91. The Labute approximate surface area is 114 Å². The summed E-state index contributed by atoms with van der Waals surface area (Å²) in [4.78, 5) is 21.4. The minimum atomic E-state index is -4.83. The lowest BCUT2D eigenvalue weighted by molar-refractivity contribution is 0.256. The molecule has 0 saturated carbocycles. The number of nitrogens with zero attached hydrogens (tertiary/aromatic N) is 1. The van der Waals surface area contributed by atoms with Gasteiger partial charge in [-0.2, -0.15) is 8.42 Å². The van der Waals surface area contributed by atoms with Crippen molar-refractivity contribution in [2.45, 2.75) is 20.1 Å². The van der Waals surface area contributed by atoms with Crippen molar-refractivity contribution in [3.8, 4) is 5.75 Å². The van der Waals surface area contributed by atoms with Crippen LogP contribution in [0, 0.1) is 6.92 Å². The fourth-order valence-corrected chi connectivity index (χ4v) is 2.16. The number of nitrogens with two attached hydrogens (primary N) is 1. The van der Waals surface area contributed by atoms with Crippen LogP contribution in [0.15, 0.2) is 6.20 Å². The third-order valence-corrected chi connectivity index (χ3v) is 3.02. The zero-order chi connectivity index (χ0) is 15.6. The average Bonchev–Trinajstić information content (AvgIpc) is 2.27. The third kappa shape index (κ3) is 5.13. The molecule has 0 aliphatic rings. The van der Waals surface area contributed by atoms with Gasteiger partial charge in [-0.25, -0.2) is 8.75 Å². The van der Waals surface area contributed by atoms with Crippen molar-refractivity contribution >= 4 is 18.2 Å². The van der Waals surface area contributed by atoms with E-state index in [2.05, 4.69) is 13.7 Å². The summed E-state index contributed by atoms with van der Waals surface area (Å²) < 4.78 is 49.1. The molecular formula is C8H13N2O8PS. The van der Waals surface area contributed by atoms with Crippen LogP contribution in [0.25, 0.3) is 0 Å². The van der Waals surface area contributed by atoms with Gasteiger partial charge < -0.3 is 10.3 Å². The molecule has 0 atom stereocenters. The lowest BCUT2D eigenvalue weighted by Crippen LogP contribution is -2.11. The Morgan fingerprint density at radius 1 is 1.45 bits per heavy atom. The summed E-state index contributed by atoms with van der Waals surface area (Å²) in [5, 5.41) is 0. The summed E-state index contributed by atoms with van der Waals surface area (Å²) >= 11 is 0. The molecule has 1 heterocycles. The number of pyridine rings is 1. The number of rotatable bonds is 6. The maximum absolute atomic E-state index is 10.9. The first-order valence-corrected chi connectivity index (χ1v) is 7.97. The van der Waals surface area contributed by atoms with Crippen molar-refractivity contribution in [3.63, 3.8) is 0 Å². The fraction of sp³-hybridized carbons (Fsp3) is 0.375. The average molecular weight is 328 g/mol. The van der Waals surface area contributed by atoms with Gasteiger partial charge in [0.15, 0.2) is 5.75 Å². The molecule has 0 aliphatic heterocycles. The van der Waals surface area contributed by atoms with Crippen LogP contribution >= 0.6 is 7.82 Å². The number of hydrogen-bond donors (Lipinski definition) is 4. The van der Waals surface area contributed by atoms with Crippen molar-refractivity contribution in [1.82, 2.24) is 4.98 Å². The Hall–Kier alpha value is -1.07. The number of phosphoric ester groups is 1. The maximum Gasteiger partial charge on any atom is 0.524 e. The van der Waals surface area contributed by atoms with E-state index in [4.69, 9.17) is 20.1 Å². The zero-order valence-corrected chi connectivity index (χ0v) is 12.0. The quantitative estimate of drug-likeness (QED) is 0.399. The molecule has 5 N–H and O–H groups in total. The molecule has 1 aromatic rings. The lowest BCUT2D eigenvalue weighted by atomic mass is 10.1. The first-order valence-electron chi connectivity index (χ1n) is 5.08. The summed E-state index contributed by atoms with van der Waals surface area (Å²) in [6, 6.07) is 0. The molecule has 0 saturated heterocycles. The van der Waals surface area contributed by atoms with Gasteiger partial charge >= 0.3 is 18.2 Å². The number of hydrogen-bond acceptors (Lipinski definition) is 7. The van der Waals surface area contributed by atoms with Crippen molar-refractivity contribution in [3.05, 3.63) is 23.0 Å². The highest BCUT2D eigenvalue weighted by molar-refractivity contribution is 7.80. The fourth-order valence-electron chi connectivity index (χ4n) is 1.40. The SMILES string of the molecule is Cc1ncc(COS(=O)(=O)O)c(CN)c1OP(=O)(O)O. The van der Waals surface area contributed by atoms with E-state index in [-0.39, 0.29) is 29.1 Å². The van der Waals surface area contributed by atoms with E-state index in [1.165, 1.54) is 13.1 Å². The molecular weight excluding hydrogens is 315 g/mol. The van der Waals surface area contributed by atoms with Gasteiger partial charge in [0.1, 0.15) is 0 Å². The van der Waals surface area contributed by atoms with Gasteiger partial charge in [-0.3, -0.25) is 19.3 Å². The molecule has 0 fully saturated rings. The monoisotopic (exact) mass is 328 g/mol. The van der Waals surface area contributed by atoms with E-state index >= 15 is 0 Å². The summed E-state index contributed by atoms with van der Waals surface area (Å²) in [5.74, 6) is -0.253. The van der Waals surface area contributed by atoms with Crippen LogP contribution < -0.4 is 10.3 Å². The Morgan fingerprint density at radius 3 is 2.50 bits per heavy atom. The molecule has 0 aliphatic carbocycles. The van der Waals surface area contributed by atoms with Crippen molar-refractivity contribution in [2.75, 3.05) is 0 Å². The van der Waals surface area contributed by atoms with E-state index in [0.29, 0.717) is 0 Å². The summed E-state index contributed by atoms with van der Waals surface area (Å²) in [6.45, 7) is 0.622. The first kappa shape index (κ1) is 17.0. The second-order valence-electron chi connectivity index (χ2n) is 3.65. The molecule has 0 aromatic carbocycles. The molecule has 20 heavy (non-hydrogen) atoms. The van der Waals surface area contributed by atoms with Gasteiger partial charge in [0, 0.05) is 23.9 Å². The summed E-state index contributed by atoms with van der Waals surface area (Å²) in [7, 11) is -9.50. The molecule has 1 rings (SSSR count). The van der Waals surface area contributed by atoms with Crippen LogP contribution in [0.1, 0.15) is 16.8 Å². The minimum absolute atomic E-state index is 0.110. The predicted octanol–water partition coefficient (Wildman–Crippen LogP) is -0.360. The van der Waals surface area contributed by atoms with Crippen LogP contribution in [0.3, 0.4) is 0 Å². The molecule has 12 heteroatoms. The van der Waals surface area contributed by atoms with E-state index in [1.807, 2.05) is 0 Å². The van der Waals surface area contributed by atoms with Gasteiger partial charge in [0.05, 0.1) is 12.3 Å². The van der Waals surface area contributed by atoms with Gasteiger partial charge in [0.2, 0.25) is 0 Å². The van der Waals surface area contributed by atoms with Gasteiger partial charge in [-0.1, -0.05) is 0 Å². The zero-order valence-electron chi connectivity index (χ0n) is 10.3. The number of aromatic nitrogens is 1. The van der Waals surface area contributed by atoms with E-state index < -0.39 is 24.8 Å². The Kier molecular flexibility index (Phi) is 5.21. The first-order chi connectivity index (χ1) is 9.03. The molecule has 0 spiro atoms. The molecule has 10 nitrogen and oxygen atoms in total. The third-order valence-electron chi connectivity index (χ3n) is 2.18. The number of phosphoric acid groups is 1. The van der Waals surface area contributed by atoms with Crippen LogP contribution in [-0.4, -0.2) is 27.7 Å². The van der Waals surface area contributed by atoms with Crippen molar-refractivity contribution in [2.24, 2.45) is 5.73 Å². The standard InChI is InChI=1S/C8H13N2O8PS/c1-5-8(18-19(11,12)13)7(2-9)6(3-10-5)4-17-20(14,15)16/h3H,2,4,9H2,1H3,(H2,11,12,13)(H,14,15,16). The van der Waals surface area contributed by atoms with Gasteiger partial charge in [-0.05, 0) is 6.92 Å². The minimum Gasteiger partial charge on any atom is -0.402 e. The topological polar surface area (TPSA) is 169 Å². The highest BCUT2D eigenvalue weighted by Gasteiger charge is 2.23. The molecule has 114 valence electrons. The van der Waals surface area contributed by atoms with E-state index in [1.54, 1.807) is 0 Å². The van der Waals surface area contributed by atoms with Crippen LogP contribution in [0.2, 0.25) is 0 Å². The highest BCUT2D eigenvalue weighted by Crippen LogP contribution is 2.41. The molecule has 1 aromatic heterocycles. The Bertz CT molecular complexity index is 640. The summed E-state index contributed by atoms with van der Waals surface area (Å²) in [5.41, 5.74) is 5.83. The largest absolute Gasteiger partial charge is 0.524 e. The summed E-state index contributed by atoms with van der Waals surface area (Å²) in [6.07, 6.45) is 1.20. The molecule has 0 unspecified atom stereocenters. The highest BCUT2D eigenvalue weighted by atomic mass is 32.3. The van der Waals surface area contributed by atoms with E-state index in [0.717, 1.165) is 0 Å². The lowest BCUT2D eigenvalue weighted by Gasteiger charge is -2.16. The van der Waals surface area contributed by atoms with Crippen LogP contribution in [0.5, 0.6) is 5.75 Å². The van der Waals surface area contributed by atoms with Crippen molar-refractivity contribution < 1.29 is 36.0 Å². The van der Waals surface area contributed by atoms with Crippen LogP contribution in [-0.2, 0) is 32.3 Å². The normalized spacial score (nSPS) is 12.4. The second kappa shape index (κ2) is 6.14.